The summed E-state index contributed by atoms with van der Waals surface area (Å²) in [6.07, 6.45) is 0. The van der Waals surface area contributed by atoms with E-state index in [0.29, 0.717) is 27.5 Å². The highest BCUT2D eigenvalue weighted by Gasteiger charge is 2.19. The van der Waals surface area contributed by atoms with Crippen LogP contribution in [0.1, 0.15) is 42.5 Å². The van der Waals surface area contributed by atoms with Gasteiger partial charge in [0, 0.05) is 27.5 Å². The van der Waals surface area contributed by atoms with Gasteiger partial charge in [-0.15, -0.1) is 0 Å². The molecule has 3 aromatic rings. The maximum Gasteiger partial charge on any atom is 0.338 e. The minimum absolute atomic E-state index is 0.269. The van der Waals surface area contributed by atoms with Crippen LogP contribution in [0.25, 0.3) is 0 Å². The number of aromatic nitrogens is 1. The van der Waals surface area contributed by atoms with Crippen LogP contribution in [0.5, 0.6) is 0 Å². The molecule has 1 N–H and O–H groups in total. The normalized spacial score (nSPS) is 10.4. The number of carbonyl (C=O) groups is 3. The Hall–Kier alpha value is -3.38. The lowest BCUT2D eigenvalue weighted by atomic mass is 10.1. The number of esters is 1. The minimum atomic E-state index is -0.632. The van der Waals surface area contributed by atoms with Crippen molar-refractivity contribution >= 4 is 29.3 Å². The molecule has 148 valence electrons. The summed E-state index contributed by atoms with van der Waals surface area (Å²) < 4.78 is 6.65. The van der Waals surface area contributed by atoms with Gasteiger partial charge in [-0.3, -0.25) is 19.7 Å². The van der Waals surface area contributed by atoms with E-state index in [-0.39, 0.29) is 17.3 Å². The molecule has 0 aliphatic heterocycles. The molecule has 0 unspecified atom stereocenters. The lowest BCUT2D eigenvalue weighted by molar-refractivity contribution is 0.0474. The van der Waals surface area contributed by atoms with Gasteiger partial charge >= 0.3 is 5.97 Å². The van der Waals surface area contributed by atoms with Crippen molar-refractivity contribution in [2.24, 2.45) is 0 Å². The van der Waals surface area contributed by atoms with Gasteiger partial charge in [-0.2, -0.15) is 0 Å². The number of ether oxygens (including phenoxy) is 1. The molecule has 3 rings (SSSR count). The summed E-state index contributed by atoms with van der Waals surface area (Å²) in [5.41, 5.74) is 5.14. The summed E-state index contributed by atoms with van der Waals surface area (Å²) in [5, 5.41) is 0.406. The van der Waals surface area contributed by atoms with Crippen molar-refractivity contribution in [3.05, 3.63) is 93.8 Å². The number of halogens is 1. The van der Waals surface area contributed by atoms with E-state index in [1.807, 2.05) is 6.07 Å². The first-order valence-corrected chi connectivity index (χ1v) is 9.26. The second-order valence-corrected chi connectivity index (χ2v) is 6.87. The highest BCUT2D eigenvalue weighted by Crippen LogP contribution is 2.16. The molecule has 0 aliphatic rings. The number of hydrogen-bond acceptors (Lipinski definition) is 4. The van der Waals surface area contributed by atoms with Gasteiger partial charge in [-0.25, -0.2) is 4.79 Å². The molecule has 1 amide bonds. The van der Waals surface area contributed by atoms with E-state index >= 15 is 0 Å². The Labute approximate surface area is 173 Å². The maximum absolute atomic E-state index is 12.6. The molecule has 1 heterocycles. The van der Waals surface area contributed by atoms with Crippen molar-refractivity contribution in [2.45, 2.75) is 13.8 Å². The Kier molecular flexibility index (Phi) is 6.14. The lowest BCUT2D eigenvalue weighted by Crippen LogP contribution is -2.25. The molecule has 6 nitrogen and oxygen atoms in total. The van der Waals surface area contributed by atoms with Gasteiger partial charge < -0.3 is 4.74 Å². The van der Waals surface area contributed by atoms with Crippen LogP contribution in [-0.4, -0.2) is 28.9 Å². The van der Waals surface area contributed by atoms with Crippen LogP contribution < -0.4 is 5.43 Å². The van der Waals surface area contributed by atoms with Crippen LogP contribution >= 0.6 is 11.6 Å². The van der Waals surface area contributed by atoms with Gasteiger partial charge in [0.2, 0.25) is 5.78 Å². The molecular weight excluding hydrogens is 392 g/mol. The van der Waals surface area contributed by atoms with Crippen LogP contribution in [0, 0.1) is 13.8 Å². The molecule has 0 radical (unpaired) electrons. The zero-order valence-electron chi connectivity index (χ0n) is 15.9. The van der Waals surface area contributed by atoms with E-state index in [1.165, 1.54) is 6.07 Å². The number of nitrogens with zero attached hydrogens (tertiary/aromatic N) is 1. The van der Waals surface area contributed by atoms with E-state index in [0.717, 1.165) is 0 Å². The lowest BCUT2D eigenvalue weighted by Gasteiger charge is -2.11. The Balaban J connectivity index is 1.69. The predicted molar refractivity (Wildman–Crippen MR) is 110 cm³/mol. The first-order valence-electron chi connectivity index (χ1n) is 8.88. The zero-order valence-corrected chi connectivity index (χ0v) is 16.7. The van der Waals surface area contributed by atoms with Gasteiger partial charge in [0.05, 0.1) is 5.56 Å². The minimum Gasteiger partial charge on any atom is -0.454 e. The Bertz CT molecular complexity index is 1070. The zero-order chi connectivity index (χ0) is 21.0. The summed E-state index contributed by atoms with van der Waals surface area (Å²) in [6.45, 7) is 3.07. The average Bonchev–Trinajstić information content (AvgIpc) is 3.00. The van der Waals surface area contributed by atoms with Gasteiger partial charge in [0.25, 0.3) is 5.91 Å². The second-order valence-electron chi connectivity index (χ2n) is 6.44. The number of ketones is 1. The first-order chi connectivity index (χ1) is 13.9. The van der Waals surface area contributed by atoms with Crippen LogP contribution in [-0.2, 0) is 4.74 Å². The maximum atomic E-state index is 12.6. The molecule has 1 aromatic heterocycles. The summed E-state index contributed by atoms with van der Waals surface area (Å²) >= 11 is 5.86. The molecule has 0 aliphatic carbocycles. The molecule has 0 saturated carbocycles. The fourth-order valence-corrected chi connectivity index (χ4v) is 3.07. The fourth-order valence-electron chi connectivity index (χ4n) is 2.88. The standard InChI is InChI=1S/C22H19ClN2O4/c1-14-11-19(15(2)25(14)24-21(27)16-7-4-3-5-8-16)20(26)13-29-22(28)17-9-6-10-18(23)12-17/h3-12H,13H2,1-2H3,(H,24,27). The third-order valence-electron chi connectivity index (χ3n) is 4.38. The van der Waals surface area contributed by atoms with E-state index in [9.17, 15) is 14.4 Å². The monoisotopic (exact) mass is 410 g/mol. The van der Waals surface area contributed by atoms with Gasteiger partial charge in [-0.1, -0.05) is 35.9 Å². The van der Waals surface area contributed by atoms with Crippen molar-refractivity contribution < 1.29 is 19.1 Å². The van der Waals surface area contributed by atoms with Crippen LogP contribution in [0.4, 0.5) is 0 Å². The predicted octanol–water partition coefficient (Wildman–Crippen LogP) is 4.18. The summed E-state index contributed by atoms with van der Waals surface area (Å²) in [6, 6.07) is 16.7. The number of carbonyl (C=O) groups excluding carboxylic acids is 3. The Morgan fingerprint density at radius 3 is 2.34 bits per heavy atom. The number of hydrogen-bond donors (Lipinski definition) is 1. The number of Topliss-reactive ketones (excluding diaryl/α,β-unsaturated/α-hetero) is 1. The fraction of sp³-hybridized carbons (Fsp3) is 0.136. The number of aryl methyl sites for hydroxylation is 1. The number of amides is 1. The average molecular weight is 411 g/mol. The van der Waals surface area contributed by atoms with Crippen molar-refractivity contribution in [3.8, 4) is 0 Å². The van der Waals surface area contributed by atoms with Crippen molar-refractivity contribution in [1.29, 1.82) is 0 Å². The summed E-state index contributed by atoms with van der Waals surface area (Å²) in [5.74, 6) is -1.29. The molecule has 0 fully saturated rings. The molecule has 0 saturated heterocycles. The molecule has 0 spiro atoms. The van der Waals surface area contributed by atoms with Crippen molar-refractivity contribution in [1.82, 2.24) is 4.68 Å². The molecule has 2 aromatic carbocycles. The SMILES string of the molecule is Cc1cc(C(=O)COC(=O)c2cccc(Cl)c2)c(C)n1NC(=O)c1ccccc1. The largest absolute Gasteiger partial charge is 0.454 e. The van der Waals surface area contributed by atoms with E-state index in [2.05, 4.69) is 5.43 Å². The first kappa shape index (κ1) is 20.4. The summed E-state index contributed by atoms with van der Waals surface area (Å²) in [4.78, 5) is 37.1. The molecule has 7 heteroatoms. The second kappa shape index (κ2) is 8.75. The third kappa shape index (κ3) is 4.73. The smallest absolute Gasteiger partial charge is 0.338 e. The molecule has 29 heavy (non-hydrogen) atoms. The summed E-state index contributed by atoms with van der Waals surface area (Å²) in [7, 11) is 0. The highest BCUT2D eigenvalue weighted by molar-refractivity contribution is 6.30. The van der Waals surface area contributed by atoms with Gasteiger partial charge in [0.1, 0.15) is 0 Å². The third-order valence-corrected chi connectivity index (χ3v) is 4.61. The topological polar surface area (TPSA) is 77.4 Å². The Morgan fingerprint density at radius 2 is 1.66 bits per heavy atom. The molecule has 0 bridgehead atoms. The van der Waals surface area contributed by atoms with Gasteiger partial charge in [-0.05, 0) is 50.2 Å². The molecule has 0 atom stereocenters. The quantitative estimate of drug-likeness (QED) is 0.488. The number of rotatable bonds is 6. The highest BCUT2D eigenvalue weighted by atomic mass is 35.5. The van der Waals surface area contributed by atoms with Crippen LogP contribution in [0.3, 0.4) is 0 Å². The molecular formula is C22H19ClN2O4. The Morgan fingerprint density at radius 1 is 0.966 bits per heavy atom. The number of benzene rings is 2. The van der Waals surface area contributed by atoms with E-state index in [4.69, 9.17) is 16.3 Å². The van der Waals surface area contributed by atoms with E-state index in [1.54, 1.807) is 67.1 Å². The van der Waals surface area contributed by atoms with E-state index < -0.39 is 12.6 Å². The number of nitrogens with one attached hydrogen (secondary N) is 1. The van der Waals surface area contributed by atoms with Crippen molar-refractivity contribution in [3.63, 3.8) is 0 Å². The van der Waals surface area contributed by atoms with Crippen LogP contribution in [0.15, 0.2) is 60.7 Å². The van der Waals surface area contributed by atoms with Crippen molar-refractivity contribution in [2.75, 3.05) is 12.0 Å². The van der Waals surface area contributed by atoms with Crippen LogP contribution in [0.2, 0.25) is 5.02 Å². The van der Waals surface area contributed by atoms with Gasteiger partial charge in [0.15, 0.2) is 6.61 Å².